The molecule has 0 aliphatic carbocycles. The van der Waals surface area contributed by atoms with E-state index in [-0.39, 0.29) is 24.0 Å². The topological polar surface area (TPSA) is 98.8 Å². The van der Waals surface area contributed by atoms with Gasteiger partial charge in [-0.25, -0.2) is 0 Å². The van der Waals surface area contributed by atoms with Crippen LogP contribution in [0, 0.1) is 6.92 Å². The zero-order valence-corrected chi connectivity index (χ0v) is 17.6. The average Bonchev–Trinajstić information content (AvgIpc) is 3.32. The third-order valence-electron chi connectivity index (χ3n) is 4.49. The predicted molar refractivity (Wildman–Crippen MR) is 110 cm³/mol. The summed E-state index contributed by atoms with van der Waals surface area (Å²) in [5, 5.41) is 6.94. The maximum absolute atomic E-state index is 12.7. The van der Waals surface area contributed by atoms with Gasteiger partial charge >= 0.3 is 0 Å². The molecule has 0 unspecified atom stereocenters. The normalized spacial score (nSPS) is 10.6. The number of furan rings is 1. The lowest BCUT2D eigenvalue weighted by atomic mass is 10.2. The van der Waals surface area contributed by atoms with Crippen molar-refractivity contribution in [3.8, 4) is 11.5 Å². The van der Waals surface area contributed by atoms with Crippen LogP contribution in [0.2, 0.25) is 0 Å². The molecule has 0 fully saturated rings. The monoisotopic (exact) mass is 412 g/mol. The highest BCUT2D eigenvalue weighted by atomic mass is 16.5. The van der Waals surface area contributed by atoms with E-state index >= 15 is 0 Å². The lowest BCUT2D eigenvalue weighted by Crippen LogP contribution is -2.24. The van der Waals surface area contributed by atoms with Crippen LogP contribution in [-0.2, 0) is 13.7 Å². The van der Waals surface area contributed by atoms with E-state index in [0.29, 0.717) is 28.6 Å². The number of benzene rings is 1. The van der Waals surface area contributed by atoms with E-state index in [2.05, 4.69) is 10.4 Å². The molecule has 1 aromatic carbocycles. The second-order valence-corrected chi connectivity index (χ2v) is 6.82. The number of ether oxygens (including phenoxy) is 2. The highest BCUT2D eigenvalue weighted by Gasteiger charge is 2.24. The fourth-order valence-corrected chi connectivity index (χ4v) is 2.72. The SMILES string of the molecule is COc1cccc(OCc2ccc(C(=O)Nc3c(C(=O)N(C)C)nn(C)c3C)o2)c1. The van der Waals surface area contributed by atoms with Crippen molar-refractivity contribution in [3.05, 3.63) is 59.3 Å². The average molecular weight is 412 g/mol. The van der Waals surface area contributed by atoms with Crippen molar-refractivity contribution in [2.45, 2.75) is 13.5 Å². The summed E-state index contributed by atoms with van der Waals surface area (Å²) < 4.78 is 18.0. The van der Waals surface area contributed by atoms with Crippen molar-refractivity contribution < 1.29 is 23.5 Å². The molecule has 3 aromatic rings. The lowest BCUT2D eigenvalue weighted by molar-refractivity contribution is 0.0822. The van der Waals surface area contributed by atoms with Gasteiger partial charge in [-0.3, -0.25) is 14.3 Å². The van der Waals surface area contributed by atoms with Crippen LogP contribution in [0.5, 0.6) is 11.5 Å². The first kappa shape index (κ1) is 21.0. The minimum atomic E-state index is -0.480. The van der Waals surface area contributed by atoms with Gasteiger partial charge in [-0.1, -0.05) is 6.07 Å². The summed E-state index contributed by atoms with van der Waals surface area (Å²) >= 11 is 0. The van der Waals surface area contributed by atoms with Crippen LogP contribution in [0.25, 0.3) is 0 Å². The lowest BCUT2D eigenvalue weighted by Gasteiger charge is -2.10. The number of nitrogens with one attached hydrogen (secondary N) is 1. The molecule has 1 N–H and O–H groups in total. The molecule has 0 saturated carbocycles. The largest absolute Gasteiger partial charge is 0.497 e. The first-order valence-corrected chi connectivity index (χ1v) is 9.22. The molecule has 158 valence electrons. The predicted octanol–water partition coefficient (Wildman–Crippen LogP) is 2.86. The van der Waals surface area contributed by atoms with Crippen LogP contribution in [0.15, 0.2) is 40.8 Å². The van der Waals surface area contributed by atoms with Crippen LogP contribution in [-0.4, -0.2) is 47.7 Å². The van der Waals surface area contributed by atoms with Gasteiger partial charge in [0.1, 0.15) is 23.9 Å². The van der Waals surface area contributed by atoms with Gasteiger partial charge < -0.3 is 24.1 Å². The van der Waals surface area contributed by atoms with Crippen molar-refractivity contribution in [2.75, 3.05) is 26.5 Å². The highest BCUT2D eigenvalue weighted by Crippen LogP contribution is 2.23. The number of amides is 2. The fourth-order valence-electron chi connectivity index (χ4n) is 2.72. The minimum absolute atomic E-state index is 0.103. The Morgan fingerprint density at radius 1 is 1.20 bits per heavy atom. The van der Waals surface area contributed by atoms with Gasteiger partial charge in [0, 0.05) is 27.2 Å². The third kappa shape index (κ3) is 4.45. The summed E-state index contributed by atoms with van der Waals surface area (Å²) in [7, 11) is 6.54. The molecule has 0 aliphatic rings. The summed E-state index contributed by atoms with van der Waals surface area (Å²) in [6.45, 7) is 1.92. The number of hydrogen-bond acceptors (Lipinski definition) is 6. The summed E-state index contributed by atoms with van der Waals surface area (Å²) in [6.07, 6.45) is 0. The smallest absolute Gasteiger partial charge is 0.291 e. The van der Waals surface area contributed by atoms with Crippen LogP contribution in [0.4, 0.5) is 5.69 Å². The van der Waals surface area contributed by atoms with E-state index in [9.17, 15) is 9.59 Å². The number of anilines is 1. The van der Waals surface area contributed by atoms with Crippen LogP contribution in [0.3, 0.4) is 0 Å². The van der Waals surface area contributed by atoms with Crippen molar-refractivity contribution in [1.29, 1.82) is 0 Å². The molecular weight excluding hydrogens is 388 g/mol. The van der Waals surface area contributed by atoms with E-state index in [4.69, 9.17) is 13.9 Å². The molecule has 2 heterocycles. The van der Waals surface area contributed by atoms with Gasteiger partial charge in [-0.2, -0.15) is 5.10 Å². The van der Waals surface area contributed by atoms with Crippen LogP contribution < -0.4 is 14.8 Å². The van der Waals surface area contributed by atoms with Crippen LogP contribution >= 0.6 is 0 Å². The highest BCUT2D eigenvalue weighted by molar-refractivity contribution is 6.07. The zero-order chi connectivity index (χ0) is 21.8. The van der Waals surface area contributed by atoms with E-state index in [0.717, 1.165) is 0 Å². The Morgan fingerprint density at radius 3 is 2.63 bits per heavy atom. The fraction of sp³-hybridized carbons (Fsp3) is 0.286. The number of hydrogen-bond donors (Lipinski definition) is 1. The van der Waals surface area contributed by atoms with Gasteiger partial charge in [0.05, 0.1) is 18.5 Å². The Labute approximate surface area is 174 Å². The molecule has 0 radical (unpaired) electrons. The van der Waals surface area contributed by atoms with Crippen molar-refractivity contribution >= 4 is 17.5 Å². The summed E-state index contributed by atoms with van der Waals surface area (Å²) in [4.78, 5) is 26.4. The van der Waals surface area contributed by atoms with Crippen molar-refractivity contribution in [1.82, 2.24) is 14.7 Å². The number of aryl methyl sites for hydroxylation is 1. The van der Waals surface area contributed by atoms with Gasteiger partial charge in [-0.05, 0) is 31.2 Å². The molecule has 0 bridgehead atoms. The molecule has 0 aliphatic heterocycles. The molecule has 0 saturated heterocycles. The first-order chi connectivity index (χ1) is 14.3. The maximum Gasteiger partial charge on any atom is 0.291 e. The Bertz CT molecular complexity index is 1070. The van der Waals surface area contributed by atoms with E-state index in [1.165, 1.54) is 4.90 Å². The Hall–Kier alpha value is -3.75. The standard InChI is InChI=1S/C21H24N4O5/c1-13-18(19(23-25(13)4)21(27)24(2)3)22-20(26)17-10-9-16(30-17)12-29-15-8-6-7-14(11-15)28-5/h6-11H,12H2,1-5H3,(H,22,26). The molecule has 2 amide bonds. The van der Waals surface area contributed by atoms with E-state index in [1.54, 1.807) is 64.1 Å². The van der Waals surface area contributed by atoms with Gasteiger partial charge in [0.15, 0.2) is 11.5 Å². The molecule has 0 spiro atoms. The molecule has 9 heteroatoms. The number of methoxy groups -OCH3 is 1. The molecular formula is C21H24N4O5. The zero-order valence-electron chi connectivity index (χ0n) is 17.6. The van der Waals surface area contributed by atoms with Crippen LogP contribution in [0.1, 0.15) is 32.5 Å². The quantitative estimate of drug-likeness (QED) is 0.641. The van der Waals surface area contributed by atoms with Gasteiger partial charge in [0.25, 0.3) is 11.8 Å². The molecule has 30 heavy (non-hydrogen) atoms. The van der Waals surface area contributed by atoms with Crippen molar-refractivity contribution in [2.24, 2.45) is 7.05 Å². The number of nitrogens with zero attached hydrogens (tertiary/aromatic N) is 3. The van der Waals surface area contributed by atoms with Gasteiger partial charge in [0.2, 0.25) is 0 Å². The molecule has 2 aromatic heterocycles. The summed E-state index contributed by atoms with van der Waals surface area (Å²) in [5.41, 5.74) is 1.18. The molecule has 3 rings (SSSR count). The summed E-state index contributed by atoms with van der Waals surface area (Å²) in [6, 6.07) is 10.4. The molecule has 9 nitrogen and oxygen atoms in total. The second-order valence-electron chi connectivity index (χ2n) is 6.82. The van der Waals surface area contributed by atoms with Crippen molar-refractivity contribution in [3.63, 3.8) is 0 Å². The number of rotatable bonds is 7. The number of carbonyl (C=O) groups excluding carboxylic acids is 2. The number of carbonyl (C=O) groups is 2. The Balaban J connectivity index is 1.70. The maximum atomic E-state index is 12.7. The van der Waals surface area contributed by atoms with Gasteiger partial charge in [-0.15, -0.1) is 0 Å². The molecule has 0 atom stereocenters. The Kier molecular flexibility index (Phi) is 6.10. The second kappa shape index (κ2) is 8.73. The van der Waals surface area contributed by atoms with E-state index in [1.807, 2.05) is 12.1 Å². The minimum Gasteiger partial charge on any atom is -0.497 e. The first-order valence-electron chi connectivity index (χ1n) is 9.22. The number of aromatic nitrogens is 2. The summed E-state index contributed by atoms with van der Waals surface area (Å²) in [5.74, 6) is 1.10. The van der Waals surface area contributed by atoms with E-state index < -0.39 is 5.91 Å². The third-order valence-corrected chi connectivity index (χ3v) is 4.49. The Morgan fingerprint density at radius 2 is 1.93 bits per heavy atom.